The summed E-state index contributed by atoms with van der Waals surface area (Å²) in [5.41, 5.74) is 2.90. The molecule has 0 saturated heterocycles. The molecule has 1 amide bonds. The van der Waals surface area contributed by atoms with Crippen molar-refractivity contribution in [2.45, 2.75) is 63.9 Å². The highest BCUT2D eigenvalue weighted by Crippen LogP contribution is 2.60. The Morgan fingerprint density at radius 1 is 1.06 bits per heavy atom. The van der Waals surface area contributed by atoms with Crippen LogP contribution in [0.1, 0.15) is 44.2 Å². The van der Waals surface area contributed by atoms with E-state index in [1.165, 1.54) is 16.7 Å². The Balaban J connectivity index is 1.21. The van der Waals surface area contributed by atoms with Crippen molar-refractivity contribution in [1.29, 1.82) is 0 Å². The van der Waals surface area contributed by atoms with Gasteiger partial charge in [-0.05, 0) is 57.7 Å². The summed E-state index contributed by atoms with van der Waals surface area (Å²) >= 11 is 0. The Labute approximate surface area is 184 Å². The zero-order valence-corrected chi connectivity index (χ0v) is 18.6. The number of rotatable bonds is 7. The lowest BCUT2D eigenvalue weighted by molar-refractivity contribution is -0.150. The Hall–Kier alpha value is -2.59. The quantitative estimate of drug-likeness (QED) is 0.648. The van der Waals surface area contributed by atoms with Crippen molar-refractivity contribution in [2.24, 2.45) is 11.8 Å². The molecule has 4 heteroatoms. The van der Waals surface area contributed by atoms with Gasteiger partial charge in [0, 0.05) is 17.9 Å². The van der Waals surface area contributed by atoms with Gasteiger partial charge in [-0.2, -0.15) is 0 Å². The smallest absolute Gasteiger partial charge is 0.263 e. The second-order valence-corrected chi connectivity index (χ2v) is 9.91. The average molecular weight is 418 g/mol. The largest absolute Gasteiger partial charge is 0.478 e. The topological polar surface area (TPSA) is 47.6 Å². The molecule has 2 aromatic carbocycles. The maximum absolute atomic E-state index is 13.1. The van der Waals surface area contributed by atoms with Crippen molar-refractivity contribution in [3.8, 4) is 5.75 Å². The van der Waals surface area contributed by atoms with Gasteiger partial charge in [-0.1, -0.05) is 59.7 Å². The monoisotopic (exact) mass is 417 g/mol. The maximum atomic E-state index is 13.1. The number of fused-ring (bicyclic) bond motifs is 1. The van der Waals surface area contributed by atoms with Crippen LogP contribution in [0, 0.1) is 18.8 Å². The van der Waals surface area contributed by atoms with E-state index in [0.29, 0.717) is 18.4 Å². The van der Waals surface area contributed by atoms with Crippen LogP contribution in [0.25, 0.3) is 0 Å². The summed E-state index contributed by atoms with van der Waals surface area (Å²) in [6.45, 7) is 6.37. The zero-order chi connectivity index (χ0) is 21.6. The molecule has 7 rings (SSSR count). The molecule has 4 atom stereocenters. The van der Waals surface area contributed by atoms with Gasteiger partial charge in [0.1, 0.15) is 5.75 Å². The first-order valence-corrected chi connectivity index (χ1v) is 11.3. The zero-order valence-electron chi connectivity index (χ0n) is 18.6. The molecule has 0 spiro atoms. The molecular formula is C27H31NO3. The lowest BCUT2D eigenvalue weighted by Gasteiger charge is -2.62. The molecule has 0 aliphatic heterocycles. The molecule has 0 aromatic heterocycles. The van der Waals surface area contributed by atoms with Crippen LogP contribution in [0.2, 0.25) is 0 Å². The number of nitrogens with one attached hydrogen (secondary N) is 1. The fourth-order valence-corrected chi connectivity index (χ4v) is 5.46. The summed E-state index contributed by atoms with van der Waals surface area (Å²) in [5.74, 6) is 1.45. The number of hydrogen-bond donors (Lipinski definition) is 1. The summed E-state index contributed by atoms with van der Waals surface area (Å²) in [7, 11) is 0. The molecule has 5 aliphatic rings. The molecule has 5 aliphatic carbocycles. The number of ether oxygens (including phenoxy) is 2. The Kier molecular flexibility index (Phi) is 4.93. The van der Waals surface area contributed by atoms with E-state index in [2.05, 4.69) is 35.7 Å². The average Bonchev–Trinajstić information content (AvgIpc) is 2.78. The lowest BCUT2D eigenvalue weighted by atomic mass is 9.49. The predicted octanol–water partition coefficient (Wildman–Crippen LogP) is 4.96. The number of carbonyl (C=O) groups is 1. The SMILES string of the molecule is Cc1ccc(OC(C)(C)C(=O)NC2[C@@H]3CC4(OCc5ccccc5)CC=C3[C@@H]2C4)cc1. The van der Waals surface area contributed by atoms with Crippen molar-refractivity contribution < 1.29 is 14.3 Å². The van der Waals surface area contributed by atoms with E-state index in [9.17, 15) is 4.79 Å². The van der Waals surface area contributed by atoms with Crippen LogP contribution in [0.15, 0.2) is 66.2 Å². The fourth-order valence-electron chi connectivity index (χ4n) is 5.46. The van der Waals surface area contributed by atoms with Crippen LogP contribution in [-0.2, 0) is 16.1 Å². The van der Waals surface area contributed by atoms with Crippen molar-refractivity contribution in [3.05, 3.63) is 77.4 Å². The van der Waals surface area contributed by atoms with Crippen molar-refractivity contribution >= 4 is 5.91 Å². The second-order valence-electron chi connectivity index (χ2n) is 9.91. The van der Waals surface area contributed by atoms with Crippen LogP contribution >= 0.6 is 0 Å². The Morgan fingerprint density at radius 3 is 2.42 bits per heavy atom. The molecule has 1 N–H and O–H groups in total. The van der Waals surface area contributed by atoms with Gasteiger partial charge in [0.25, 0.3) is 5.91 Å². The third-order valence-electron chi connectivity index (χ3n) is 7.24. The molecule has 4 bridgehead atoms. The first-order chi connectivity index (χ1) is 14.9. The lowest BCUT2D eigenvalue weighted by Crippen LogP contribution is -2.67. The van der Waals surface area contributed by atoms with E-state index in [-0.39, 0.29) is 17.6 Å². The minimum absolute atomic E-state index is 0.0506. The Morgan fingerprint density at radius 2 is 1.74 bits per heavy atom. The highest BCUT2D eigenvalue weighted by atomic mass is 16.5. The van der Waals surface area contributed by atoms with Gasteiger partial charge in [0.05, 0.1) is 12.2 Å². The first-order valence-electron chi connectivity index (χ1n) is 11.3. The van der Waals surface area contributed by atoms with Crippen LogP contribution in [0.3, 0.4) is 0 Å². The molecule has 31 heavy (non-hydrogen) atoms. The normalized spacial score (nSPS) is 28.5. The minimum Gasteiger partial charge on any atom is -0.478 e. The van der Waals surface area contributed by atoms with Crippen LogP contribution in [0.5, 0.6) is 5.75 Å². The number of carbonyl (C=O) groups excluding carboxylic acids is 1. The van der Waals surface area contributed by atoms with Gasteiger partial charge in [-0.15, -0.1) is 0 Å². The van der Waals surface area contributed by atoms with E-state index >= 15 is 0 Å². The Bertz CT molecular complexity index is 977. The third-order valence-corrected chi connectivity index (χ3v) is 7.24. The summed E-state index contributed by atoms with van der Waals surface area (Å²) < 4.78 is 12.5. The summed E-state index contributed by atoms with van der Waals surface area (Å²) in [6, 6.07) is 18.4. The number of hydrogen-bond acceptors (Lipinski definition) is 3. The predicted molar refractivity (Wildman–Crippen MR) is 121 cm³/mol. The van der Waals surface area contributed by atoms with Gasteiger partial charge in [0.2, 0.25) is 0 Å². The molecule has 4 nitrogen and oxygen atoms in total. The van der Waals surface area contributed by atoms with E-state index < -0.39 is 5.60 Å². The molecule has 3 saturated carbocycles. The standard InChI is InChI=1S/C27H31NO3/c1-18-9-11-20(12-10-18)31-26(2,3)25(29)28-24-22-15-27(14-13-21(22)23(24)16-27)30-17-19-7-5-4-6-8-19/h4-13,22-24H,14-17H2,1-3H3,(H,28,29)/t22-,23+,24?,27?. The molecule has 0 radical (unpaired) electrons. The van der Waals surface area contributed by atoms with Gasteiger partial charge < -0.3 is 14.8 Å². The van der Waals surface area contributed by atoms with E-state index in [1.807, 2.05) is 51.1 Å². The third kappa shape index (κ3) is 3.78. The van der Waals surface area contributed by atoms with Crippen LogP contribution < -0.4 is 10.1 Å². The van der Waals surface area contributed by atoms with Gasteiger partial charge in [0.15, 0.2) is 5.60 Å². The first kappa shape index (κ1) is 20.3. The highest BCUT2D eigenvalue weighted by Gasteiger charge is 2.60. The van der Waals surface area contributed by atoms with Crippen molar-refractivity contribution in [3.63, 3.8) is 0 Å². The van der Waals surface area contributed by atoms with Crippen LogP contribution in [0.4, 0.5) is 0 Å². The molecule has 0 heterocycles. The summed E-state index contributed by atoms with van der Waals surface area (Å²) in [5, 5.41) is 3.31. The molecule has 2 unspecified atom stereocenters. The maximum Gasteiger partial charge on any atom is 0.263 e. The van der Waals surface area contributed by atoms with Gasteiger partial charge in [-0.25, -0.2) is 0 Å². The number of benzene rings is 2. The van der Waals surface area contributed by atoms with Crippen LogP contribution in [-0.4, -0.2) is 23.2 Å². The van der Waals surface area contributed by atoms with Crippen molar-refractivity contribution in [2.75, 3.05) is 0 Å². The summed E-state index contributed by atoms with van der Waals surface area (Å²) in [6.07, 6.45) is 5.34. The highest BCUT2D eigenvalue weighted by molar-refractivity contribution is 5.85. The van der Waals surface area contributed by atoms with Crippen molar-refractivity contribution in [1.82, 2.24) is 5.32 Å². The fraction of sp³-hybridized carbons (Fsp3) is 0.444. The van der Waals surface area contributed by atoms with Gasteiger partial charge >= 0.3 is 0 Å². The second kappa shape index (κ2) is 7.52. The molecule has 2 aromatic rings. The van der Waals surface area contributed by atoms with E-state index in [4.69, 9.17) is 9.47 Å². The van der Waals surface area contributed by atoms with Gasteiger partial charge in [-0.3, -0.25) is 4.79 Å². The molecular weight excluding hydrogens is 386 g/mol. The number of aryl methyl sites for hydroxylation is 1. The van der Waals surface area contributed by atoms with E-state index in [1.54, 1.807) is 0 Å². The van der Waals surface area contributed by atoms with E-state index in [0.717, 1.165) is 25.0 Å². The molecule has 162 valence electrons. The summed E-state index contributed by atoms with van der Waals surface area (Å²) in [4.78, 5) is 13.1. The molecule has 3 fully saturated rings. The number of amides is 1. The minimum atomic E-state index is -0.923.